The molecule has 1 aliphatic heterocycles. The topological polar surface area (TPSA) is 105 Å². The molecule has 1 saturated carbocycles. The first-order valence-electron chi connectivity index (χ1n) is 13.2. The molecule has 1 atom stereocenters. The molecule has 0 unspecified atom stereocenters. The van der Waals surface area contributed by atoms with Gasteiger partial charge in [-0.3, -0.25) is 13.9 Å². The number of rotatable bonds is 11. The van der Waals surface area contributed by atoms with Gasteiger partial charge in [-0.15, -0.1) is 0 Å². The van der Waals surface area contributed by atoms with Crippen LogP contribution in [0.15, 0.2) is 48.5 Å². The van der Waals surface area contributed by atoms with Gasteiger partial charge < -0.3 is 19.7 Å². The molecule has 2 aromatic rings. The average molecular weight is 544 g/mol. The van der Waals surface area contributed by atoms with Crippen LogP contribution in [0.25, 0.3) is 0 Å². The van der Waals surface area contributed by atoms with Crippen LogP contribution in [0.5, 0.6) is 11.5 Å². The molecule has 1 aliphatic carbocycles. The van der Waals surface area contributed by atoms with Crippen molar-refractivity contribution < 1.29 is 27.5 Å². The number of anilines is 1. The Morgan fingerprint density at radius 3 is 2.39 bits per heavy atom. The Labute approximate surface area is 225 Å². The molecule has 0 saturated heterocycles. The summed E-state index contributed by atoms with van der Waals surface area (Å²) in [4.78, 5) is 28.1. The van der Waals surface area contributed by atoms with Crippen LogP contribution >= 0.6 is 0 Å². The van der Waals surface area contributed by atoms with E-state index in [0.717, 1.165) is 37.5 Å². The molecule has 0 radical (unpaired) electrons. The number of nitrogens with one attached hydrogen (secondary N) is 1. The number of fused-ring (bicyclic) bond motifs is 1. The highest BCUT2D eigenvalue weighted by atomic mass is 32.2. The van der Waals surface area contributed by atoms with E-state index in [4.69, 9.17) is 9.47 Å². The van der Waals surface area contributed by atoms with Gasteiger partial charge in [0.2, 0.25) is 21.8 Å². The largest absolute Gasteiger partial charge is 0.486 e. The molecule has 1 N–H and O–H groups in total. The Bertz CT molecular complexity index is 1210. The summed E-state index contributed by atoms with van der Waals surface area (Å²) < 4.78 is 37.7. The fraction of sp³-hybridized carbons (Fsp3) is 0.500. The van der Waals surface area contributed by atoms with Crippen LogP contribution < -0.4 is 19.1 Å². The quantitative estimate of drug-likeness (QED) is 0.465. The summed E-state index contributed by atoms with van der Waals surface area (Å²) in [5.74, 6) is 0.716. The monoisotopic (exact) mass is 543 g/mol. The molecule has 9 nitrogen and oxygen atoms in total. The number of hydrogen-bond donors (Lipinski definition) is 1. The van der Waals surface area contributed by atoms with E-state index in [9.17, 15) is 18.0 Å². The Hall–Kier alpha value is -3.27. The van der Waals surface area contributed by atoms with Gasteiger partial charge in [-0.1, -0.05) is 43.2 Å². The summed E-state index contributed by atoms with van der Waals surface area (Å²) in [5.41, 5.74) is 1.38. The fourth-order valence-electron chi connectivity index (χ4n) is 4.95. The second kappa shape index (κ2) is 12.5. The maximum absolute atomic E-state index is 13.4. The van der Waals surface area contributed by atoms with Crippen molar-refractivity contribution in [3.05, 3.63) is 54.1 Å². The van der Waals surface area contributed by atoms with Crippen molar-refractivity contribution in [2.75, 3.05) is 30.3 Å². The van der Waals surface area contributed by atoms with Crippen LogP contribution in [0.4, 0.5) is 5.69 Å². The minimum absolute atomic E-state index is 0.102. The second-order valence-electron chi connectivity index (χ2n) is 9.94. The highest BCUT2D eigenvalue weighted by Gasteiger charge is 2.29. The Morgan fingerprint density at radius 1 is 1.03 bits per heavy atom. The number of carbonyl (C=O) groups is 2. The van der Waals surface area contributed by atoms with E-state index >= 15 is 0 Å². The molecule has 0 spiro atoms. The number of hydrogen-bond acceptors (Lipinski definition) is 6. The van der Waals surface area contributed by atoms with Gasteiger partial charge in [0, 0.05) is 31.6 Å². The maximum atomic E-state index is 13.4. The molecule has 1 heterocycles. The lowest BCUT2D eigenvalue weighted by Gasteiger charge is -2.30. The smallest absolute Gasteiger partial charge is 0.242 e. The maximum Gasteiger partial charge on any atom is 0.242 e. The summed E-state index contributed by atoms with van der Waals surface area (Å²) in [6, 6.07) is 14.1. The van der Waals surface area contributed by atoms with Crippen LogP contribution in [0.2, 0.25) is 0 Å². The zero-order valence-electron chi connectivity index (χ0n) is 22.1. The fourth-order valence-corrected chi connectivity index (χ4v) is 5.90. The molecular formula is C28H37N3O6S. The van der Waals surface area contributed by atoms with E-state index in [1.54, 1.807) is 30.0 Å². The van der Waals surface area contributed by atoms with Crippen LogP contribution in [0.3, 0.4) is 0 Å². The predicted octanol–water partition coefficient (Wildman–Crippen LogP) is 3.48. The minimum Gasteiger partial charge on any atom is -0.486 e. The van der Waals surface area contributed by atoms with Crippen molar-refractivity contribution >= 4 is 27.5 Å². The van der Waals surface area contributed by atoms with E-state index in [1.807, 2.05) is 30.3 Å². The van der Waals surface area contributed by atoms with E-state index in [1.165, 1.54) is 4.31 Å². The molecule has 1 fully saturated rings. The molecule has 0 aromatic heterocycles. The number of benzene rings is 2. The van der Waals surface area contributed by atoms with Gasteiger partial charge in [0.15, 0.2) is 11.5 Å². The van der Waals surface area contributed by atoms with Crippen LogP contribution in [-0.2, 0) is 26.2 Å². The Morgan fingerprint density at radius 2 is 1.71 bits per heavy atom. The second-order valence-corrected chi connectivity index (χ2v) is 11.8. The average Bonchev–Trinajstić information content (AvgIpc) is 3.42. The molecule has 38 heavy (non-hydrogen) atoms. The van der Waals surface area contributed by atoms with Crippen LogP contribution in [0, 0.1) is 0 Å². The zero-order valence-corrected chi connectivity index (χ0v) is 22.9. The first-order valence-corrected chi connectivity index (χ1v) is 15.1. The third-order valence-electron chi connectivity index (χ3n) is 7.03. The number of amides is 2. The van der Waals surface area contributed by atoms with Crippen molar-refractivity contribution in [3.8, 4) is 11.5 Å². The molecule has 206 valence electrons. The van der Waals surface area contributed by atoms with Crippen molar-refractivity contribution in [3.63, 3.8) is 0 Å². The van der Waals surface area contributed by atoms with Crippen molar-refractivity contribution in [2.24, 2.45) is 0 Å². The van der Waals surface area contributed by atoms with Crippen molar-refractivity contribution in [2.45, 2.75) is 64.1 Å². The summed E-state index contributed by atoms with van der Waals surface area (Å²) in [5, 5.41) is 3.10. The van der Waals surface area contributed by atoms with E-state index in [2.05, 4.69) is 5.32 Å². The normalized spacial score (nSPS) is 16.1. The zero-order chi connectivity index (χ0) is 27.1. The predicted molar refractivity (Wildman–Crippen MR) is 146 cm³/mol. The van der Waals surface area contributed by atoms with E-state index < -0.39 is 16.1 Å². The SMILES string of the molecule is C[C@H](C(=O)NC1CCCC1)N(Cc1ccccc1)C(=O)CCCN(c1ccc2c(c1)OCCO2)S(C)(=O)=O. The molecule has 4 rings (SSSR count). The highest BCUT2D eigenvalue weighted by Crippen LogP contribution is 2.34. The van der Waals surface area contributed by atoms with E-state index in [0.29, 0.717) is 43.4 Å². The summed E-state index contributed by atoms with van der Waals surface area (Å²) in [6.07, 6.45) is 5.67. The van der Waals surface area contributed by atoms with Gasteiger partial charge in [0.25, 0.3) is 0 Å². The molecule has 2 aliphatic rings. The molecule has 2 amide bonds. The molecular weight excluding hydrogens is 506 g/mol. The van der Waals surface area contributed by atoms with Crippen molar-refractivity contribution in [1.82, 2.24) is 10.2 Å². The Kier molecular flexibility index (Phi) is 9.14. The van der Waals surface area contributed by atoms with Gasteiger partial charge in [-0.25, -0.2) is 8.42 Å². The highest BCUT2D eigenvalue weighted by molar-refractivity contribution is 7.92. The summed E-state index contributed by atoms with van der Waals surface area (Å²) >= 11 is 0. The van der Waals surface area contributed by atoms with Gasteiger partial charge >= 0.3 is 0 Å². The lowest BCUT2D eigenvalue weighted by Crippen LogP contribution is -2.49. The van der Waals surface area contributed by atoms with Crippen LogP contribution in [0.1, 0.15) is 51.0 Å². The van der Waals surface area contributed by atoms with Crippen LogP contribution in [-0.4, -0.2) is 63.2 Å². The number of nitrogens with zero attached hydrogens (tertiary/aromatic N) is 2. The molecule has 2 aromatic carbocycles. The van der Waals surface area contributed by atoms with Crippen molar-refractivity contribution in [1.29, 1.82) is 0 Å². The summed E-state index contributed by atoms with van der Waals surface area (Å²) in [6.45, 7) is 3.01. The standard InChI is InChI=1S/C28H37N3O6S/c1-21(28(33)29-23-11-6-7-12-23)30(20-22-9-4-3-5-10-22)27(32)13-8-16-31(38(2,34)35)24-14-15-25-26(19-24)37-18-17-36-25/h3-5,9-10,14-15,19,21,23H,6-8,11-13,16-18,20H2,1-2H3,(H,29,33)/t21-/m1/s1. The third kappa shape index (κ3) is 7.18. The Balaban J connectivity index is 1.44. The van der Waals surface area contributed by atoms with Gasteiger partial charge in [-0.05, 0) is 43.9 Å². The third-order valence-corrected chi connectivity index (χ3v) is 8.22. The number of carbonyl (C=O) groups excluding carboxylic acids is 2. The minimum atomic E-state index is -3.61. The first kappa shape index (κ1) is 27.8. The molecule has 10 heteroatoms. The number of sulfonamides is 1. The summed E-state index contributed by atoms with van der Waals surface area (Å²) in [7, 11) is -3.61. The lowest BCUT2D eigenvalue weighted by molar-refractivity contribution is -0.141. The van der Waals surface area contributed by atoms with E-state index in [-0.39, 0.29) is 30.8 Å². The lowest BCUT2D eigenvalue weighted by atomic mass is 10.1. The number of ether oxygens (including phenoxy) is 2. The van der Waals surface area contributed by atoms with Gasteiger partial charge in [-0.2, -0.15) is 0 Å². The van der Waals surface area contributed by atoms with Gasteiger partial charge in [0.05, 0.1) is 11.9 Å². The first-order chi connectivity index (χ1) is 18.2. The van der Waals surface area contributed by atoms with Gasteiger partial charge in [0.1, 0.15) is 19.3 Å². The molecule has 0 bridgehead atoms.